The Bertz CT molecular complexity index is 436. The van der Waals surface area contributed by atoms with E-state index in [1.54, 1.807) is 17.5 Å². The molecule has 0 saturated heterocycles. The fourth-order valence-corrected chi connectivity index (χ4v) is 2.00. The van der Waals surface area contributed by atoms with Crippen molar-refractivity contribution in [2.75, 3.05) is 0 Å². The summed E-state index contributed by atoms with van der Waals surface area (Å²) in [6.07, 6.45) is 4.02. The van der Waals surface area contributed by atoms with Gasteiger partial charge in [-0.2, -0.15) is 5.26 Å². The van der Waals surface area contributed by atoms with E-state index in [9.17, 15) is 0 Å². The largest absolute Gasteiger partial charge is 0.329 e. The molecule has 70 valence electrons. The summed E-state index contributed by atoms with van der Waals surface area (Å²) in [5.41, 5.74) is 0. The molecule has 14 heavy (non-hydrogen) atoms. The third kappa shape index (κ3) is 1.83. The van der Waals surface area contributed by atoms with Gasteiger partial charge >= 0.3 is 0 Å². The minimum absolute atomic E-state index is 0.373. The van der Waals surface area contributed by atoms with Gasteiger partial charge in [0.15, 0.2) is 0 Å². The van der Waals surface area contributed by atoms with Crippen LogP contribution in [0.5, 0.6) is 0 Å². The summed E-state index contributed by atoms with van der Waals surface area (Å²) in [5, 5.41) is 10.6. The lowest BCUT2D eigenvalue weighted by Crippen LogP contribution is -2.02. The van der Waals surface area contributed by atoms with Crippen LogP contribution in [0.15, 0.2) is 29.9 Å². The quantitative estimate of drug-likeness (QED) is 0.766. The lowest BCUT2D eigenvalue weighted by atomic mass is 10.4. The molecule has 0 radical (unpaired) electrons. The van der Waals surface area contributed by atoms with E-state index in [1.807, 2.05) is 16.8 Å². The zero-order valence-electron chi connectivity index (χ0n) is 7.55. The van der Waals surface area contributed by atoms with E-state index in [1.165, 1.54) is 4.88 Å². The van der Waals surface area contributed by atoms with Gasteiger partial charge in [-0.15, -0.1) is 11.3 Å². The Kier molecular flexibility index (Phi) is 2.61. The van der Waals surface area contributed by atoms with Crippen molar-refractivity contribution in [1.82, 2.24) is 9.55 Å². The maximum absolute atomic E-state index is 8.59. The highest BCUT2D eigenvalue weighted by Gasteiger charge is 2.02. The number of thiophene rings is 1. The molecule has 0 aliphatic carbocycles. The molecule has 2 heterocycles. The molecule has 0 atom stereocenters. The van der Waals surface area contributed by atoms with Crippen molar-refractivity contribution in [3.8, 4) is 6.07 Å². The molecule has 0 fully saturated rings. The number of imidazole rings is 1. The molecule has 0 aromatic carbocycles. The summed E-state index contributed by atoms with van der Waals surface area (Å²) in [6, 6.07) is 6.22. The number of nitrogens with zero attached hydrogens (tertiary/aromatic N) is 3. The molecule has 0 aliphatic rings. The van der Waals surface area contributed by atoms with Gasteiger partial charge in [0.25, 0.3) is 0 Å². The molecule has 3 nitrogen and oxygen atoms in total. The summed E-state index contributed by atoms with van der Waals surface area (Å²) >= 11 is 1.72. The Morgan fingerprint density at radius 1 is 1.57 bits per heavy atom. The maximum atomic E-state index is 8.59. The molecule has 0 saturated carbocycles. The predicted octanol–water partition coefficient (Wildman–Crippen LogP) is 2.06. The van der Waals surface area contributed by atoms with Gasteiger partial charge in [0, 0.05) is 17.3 Å². The first-order valence-corrected chi connectivity index (χ1v) is 5.17. The molecule has 0 unspecified atom stereocenters. The fourth-order valence-electron chi connectivity index (χ4n) is 1.29. The highest BCUT2D eigenvalue weighted by atomic mass is 32.1. The van der Waals surface area contributed by atoms with Crippen molar-refractivity contribution in [2.24, 2.45) is 0 Å². The minimum atomic E-state index is 0.373. The SMILES string of the molecule is N#CCc1nccn1Cc1cccs1. The van der Waals surface area contributed by atoms with Crippen LogP contribution in [0.4, 0.5) is 0 Å². The molecule has 0 N–H and O–H groups in total. The molecular weight excluding hydrogens is 194 g/mol. The monoisotopic (exact) mass is 203 g/mol. The van der Waals surface area contributed by atoms with Gasteiger partial charge in [-0.1, -0.05) is 6.07 Å². The van der Waals surface area contributed by atoms with Crippen molar-refractivity contribution in [1.29, 1.82) is 5.26 Å². The van der Waals surface area contributed by atoms with Crippen LogP contribution in [0, 0.1) is 11.3 Å². The zero-order valence-corrected chi connectivity index (χ0v) is 8.37. The van der Waals surface area contributed by atoms with Gasteiger partial charge < -0.3 is 4.57 Å². The van der Waals surface area contributed by atoms with Crippen LogP contribution in [-0.2, 0) is 13.0 Å². The van der Waals surface area contributed by atoms with Crippen LogP contribution in [-0.4, -0.2) is 9.55 Å². The molecule has 0 bridgehead atoms. The fraction of sp³-hybridized carbons (Fsp3) is 0.200. The summed E-state index contributed by atoms with van der Waals surface area (Å²) in [4.78, 5) is 5.41. The first-order chi connectivity index (χ1) is 6.90. The highest BCUT2D eigenvalue weighted by Crippen LogP contribution is 2.11. The van der Waals surface area contributed by atoms with E-state index in [-0.39, 0.29) is 0 Å². The predicted molar refractivity (Wildman–Crippen MR) is 55.0 cm³/mol. The van der Waals surface area contributed by atoms with Gasteiger partial charge in [-0.05, 0) is 11.4 Å². The molecule has 4 heteroatoms. The average molecular weight is 203 g/mol. The molecule has 2 aromatic rings. The van der Waals surface area contributed by atoms with E-state index < -0.39 is 0 Å². The topological polar surface area (TPSA) is 41.6 Å². The van der Waals surface area contributed by atoms with Crippen molar-refractivity contribution >= 4 is 11.3 Å². The van der Waals surface area contributed by atoms with E-state index >= 15 is 0 Å². The molecule has 2 aromatic heterocycles. The summed E-state index contributed by atoms with van der Waals surface area (Å²) in [5.74, 6) is 0.834. The second-order valence-corrected chi connectivity index (χ2v) is 3.92. The molecule has 0 aliphatic heterocycles. The van der Waals surface area contributed by atoms with E-state index in [0.29, 0.717) is 6.42 Å². The van der Waals surface area contributed by atoms with Crippen LogP contribution in [0.25, 0.3) is 0 Å². The van der Waals surface area contributed by atoms with Crippen LogP contribution in [0.2, 0.25) is 0 Å². The third-order valence-electron chi connectivity index (χ3n) is 1.95. The first-order valence-electron chi connectivity index (χ1n) is 4.29. The number of nitriles is 1. The Balaban J connectivity index is 2.17. The first kappa shape index (κ1) is 8.97. The second kappa shape index (κ2) is 4.07. The summed E-state index contributed by atoms with van der Waals surface area (Å²) in [7, 11) is 0. The van der Waals surface area contributed by atoms with Gasteiger partial charge in [-0.25, -0.2) is 4.98 Å². The van der Waals surface area contributed by atoms with E-state index in [4.69, 9.17) is 5.26 Å². The highest BCUT2D eigenvalue weighted by molar-refractivity contribution is 7.09. The van der Waals surface area contributed by atoms with E-state index in [2.05, 4.69) is 22.5 Å². The number of rotatable bonds is 3. The van der Waals surface area contributed by atoms with Crippen molar-refractivity contribution in [2.45, 2.75) is 13.0 Å². The molecule has 0 spiro atoms. The number of aromatic nitrogens is 2. The smallest absolute Gasteiger partial charge is 0.123 e. The molecular formula is C10H9N3S. The van der Waals surface area contributed by atoms with Crippen molar-refractivity contribution in [3.05, 3.63) is 40.6 Å². The Hall–Kier alpha value is -1.60. The van der Waals surface area contributed by atoms with Crippen LogP contribution >= 0.6 is 11.3 Å². The zero-order chi connectivity index (χ0) is 9.80. The third-order valence-corrected chi connectivity index (χ3v) is 2.81. The molecule has 0 amide bonds. The summed E-state index contributed by atoms with van der Waals surface area (Å²) < 4.78 is 2.01. The van der Waals surface area contributed by atoms with E-state index in [0.717, 1.165) is 12.4 Å². The lowest BCUT2D eigenvalue weighted by molar-refractivity contribution is 0.756. The van der Waals surface area contributed by atoms with Crippen LogP contribution < -0.4 is 0 Å². The van der Waals surface area contributed by atoms with Crippen LogP contribution in [0.1, 0.15) is 10.7 Å². The van der Waals surface area contributed by atoms with Gasteiger partial charge in [0.1, 0.15) is 5.82 Å². The van der Waals surface area contributed by atoms with Gasteiger partial charge in [0.05, 0.1) is 19.0 Å². The lowest BCUT2D eigenvalue weighted by Gasteiger charge is -2.02. The Morgan fingerprint density at radius 2 is 2.50 bits per heavy atom. The second-order valence-electron chi connectivity index (χ2n) is 2.89. The Labute approximate surface area is 86.3 Å². The number of hydrogen-bond donors (Lipinski definition) is 0. The Morgan fingerprint density at radius 3 is 3.21 bits per heavy atom. The standard InChI is InChI=1S/C10H9N3S/c11-4-3-10-12-5-6-13(10)8-9-2-1-7-14-9/h1-2,5-7H,3,8H2. The van der Waals surface area contributed by atoms with Crippen molar-refractivity contribution < 1.29 is 0 Å². The van der Waals surface area contributed by atoms with Crippen molar-refractivity contribution in [3.63, 3.8) is 0 Å². The average Bonchev–Trinajstić information content (AvgIpc) is 2.80. The van der Waals surface area contributed by atoms with Gasteiger partial charge in [-0.3, -0.25) is 0 Å². The normalized spacial score (nSPS) is 9.93. The minimum Gasteiger partial charge on any atom is -0.329 e. The number of hydrogen-bond acceptors (Lipinski definition) is 3. The van der Waals surface area contributed by atoms with Gasteiger partial charge in [0.2, 0.25) is 0 Å². The van der Waals surface area contributed by atoms with Crippen LogP contribution in [0.3, 0.4) is 0 Å². The maximum Gasteiger partial charge on any atom is 0.123 e. The molecule has 2 rings (SSSR count). The summed E-state index contributed by atoms with van der Waals surface area (Å²) in [6.45, 7) is 0.814.